The third-order valence-electron chi connectivity index (χ3n) is 4.15. The van der Waals surface area contributed by atoms with Crippen LogP contribution < -0.4 is 0 Å². The maximum absolute atomic E-state index is 12.4. The summed E-state index contributed by atoms with van der Waals surface area (Å²) in [5.74, 6) is -0.908. The Bertz CT molecular complexity index is 713. The molecule has 1 aliphatic rings. The number of aromatic nitrogens is 1. The molecule has 24 heavy (non-hydrogen) atoms. The van der Waals surface area contributed by atoms with Gasteiger partial charge in [0.25, 0.3) is 5.91 Å². The van der Waals surface area contributed by atoms with Crippen LogP contribution in [0.2, 0.25) is 0 Å². The van der Waals surface area contributed by atoms with Crippen molar-refractivity contribution < 1.29 is 14.3 Å². The molecule has 2 aromatic rings. The van der Waals surface area contributed by atoms with Crippen LogP contribution >= 0.6 is 0 Å². The van der Waals surface area contributed by atoms with Crippen LogP contribution in [0.25, 0.3) is 0 Å². The van der Waals surface area contributed by atoms with Crippen LogP contribution in [0.5, 0.6) is 0 Å². The Balaban J connectivity index is 1.54. The Morgan fingerprint density at radius 2 is 2.04 bits per heavy atom. The summed E-state index contributed by atoms with van der Waals surface area (Å²) < 4.78 is 5.83. The van der Waals surface area contributed by atoms with E-state index in [0.717, 1.165) is 17.5 Å². The summed E-state index contributed by atoms with van der Waals surface area (Å²) in [6.45, 7) is 3.41. The van der Waals surface area contributed by atoms with E-state index in [1.165, 1.54) is 0 Å². The van der Waals surface area contributed by atoms with Gasteiger partial charge in [0, 0.05) is 31.0 Å². The molecule has 0 spiro atoms. The van der Waals surface area contributed by atoms with Crippen molar-refractivity contribution in [1.29, 1.82) is 0 Å². The number of Topliss-reactive ketones (excluding diaryl/α,β-unsaturated/α-hetero) is 1. The maximum Gasteiger partial charge on any atom is 0.295 e. The number of rotatable bonds is 5. The van der Waals surface area contributed by atoms with Crippen molar-refractivity contribution in [2.75, 3.05) is 13.1 Å². The van der Waals surface area contributed by atoms with Gasteiger partial charge in [0.1, 0.15) is 0 Å². The van der Waals surface area contributed by atoms with Crippen molar-refractivity contribution in [3.8, 4) is 0 Å². The molecule has 1 saturated heterocycles. The lowest BCUT2D eigenvalue weighted by Gasteiger charge is -2.16. The lowest BCUT2D eigenvalue weighted by Crippen LogP contribution is -2.35. The minimum absolute atomic E-state index is 0.0417. The molecule has 3 rings (SSSR count). The van der Waals surface area contributed by atoms with E-state index in [-0.39, 0.29) is 6.10 Å². The number of ether oxygens (including phenoxy) is 1. The summed E-state index contributed by atoms with van der Waals surface area (Å²) in [7, 11) is 0. The summed E-state index contributed by atoms with van der Waals surface area (Å²) in [6, 6.07) is 10.9. The summed E-state index contributed by atoms with van der Waals surface area (Å²) in [5, 5.41) is 0. The topological polar surface area (TPSA) is 59.5 Å². The molecule has 0 saturated carbocycles. The van der Waals surface area contributed by atoms with E-state index in [0.29, 0.717) is 25.3 Å². The van der Waals surface area contributed by atoms with Gasteiger partial charge in [-0.25, -0.2) is 0 Å². The zero-order chi connectivity index (χ0) is 16.9. The minimum Gasteiger partial charge on any atom is -0.372 e. The predicted molar refractivity (Wildman–Crippen MR) is 89.5 cm³/mol. The molecule has 0 radical (unpaired) electrons. The van der Waals surface area contributed by atoms with E-state index in [2.05, 4.69) is 4.98 Å². The van der Waals surface area contributed by atoms with Gasteiger partial charge < -0.3 is 9.64 Å². The Kier molecular flexibility index (Phi) is 5.01. The molecule has 0 bridgehead atoms. The summed E-state index contributed by atoms with van der Waals surface area (Å²) in [6.07, 6.45) is 4.18. The molecule has 2 heterocycles. The number of ketones is 1. The van der Waals surface area contributed by atoms with Gasteiger partial charge in [-0.1, -0.05) is 35.9 Å². The number of likely N-dealkylation sites (tertiary alicyclic amines) is 1. The van der Waals surface area contributed by atoms with Gasteiger partial charge >= 0.3 is 0 Å². The largest absolute Gasteiger partial charge is 0.372 e. The molecule has 0 unspecified atom stereocenters. The fourth-order valence-electron chi connectivity index (χ4n) is 2.72. The number of benzene rings is 1. The summed E-state index contributed by atoms with van der Waals surface area (Å²) >= 11 is 0. The molecule has 5 heteroatoms. The quantitative estimate of drug-likeness (QED) is 0.626. The highest BCUT2D eigenvalue weighted by molar-refractivity contribution is 6.42. The molecule has 0 aliphatic carbocycles. The van der Waals surface area contributed by atoms with Crippen molar-refractivity contribution >= 4 is 11.7 Å². The van der Waals surface area contributed by atoms with E-state index in [4.69, 9.17) is 4.74 Å². The molecule has 124 valence electrons. The summed E-state index contributed by atoms with van der Waals surface area (Å²) in [4.78, 5) is 30.3. The van der Waals surface area contributed by atoms with E-state index in [1.807, 2.05) is 31.2 Å². The SMILES string of the molecule is Cc1ccc(C(=O)C(=O)N2CC[C@@H](OCc3cccnc3)C2)cc1. The highest BCUT2D eigenvalue weighted by Crippen LogP contribution is 2.16. The first-order valence-corrected chi connectivity index (χ1v) is 8.04. The lowest BCUT2D eigenvalue weighted by atomic mass is 10.1. The number of carbonyl (C=O) groups excluding carboxylic acids is 2. The van der Waals surface area contributed by atoms with Crippen LogP contribution in [-0.2, 0) is 16.1 Å². The normalized spacial score (nSPS) is 17.0. The predicted octanol–water partition coefficient (Wildman–Crippen LogP) is 2.39. The average Bonchev–Trinajstić information content (AvgIpc) is 3.09. The van der Waals surface area contributed by atoms with Gasteiger partial charge in [-0.05, 0) is 25.0 Å². The highest BCUT2D eigenvalue weighted by Gasteiger charge is 2.30. The van der Waals surface area contributed by atoms with E-state index >= 15 is 0 Å². The number of hydrogen-bond acceptors (Lipinski definition) is 4. The minimum atomic E-state index is -0.456. The van der Waals surface area contributed by atoms with Crippen molar-refractivity contribution in [2.45, 2.75) is 26.1 Å². The number of hydrogen-bond donors (Lipinski definition) is 0. The van der Waals surface area contributed by atoms with Crippen molar-refractivity contribution in [3.63, 3.8) is 0 Å². The molecular formula is C19H20N2O3. The first-order valence-electron chi connectivity index (χ1n) is 8.04. The zero-order valence-corrected chi connectivity index (χ0v) is 13.6. The number of nitrogens with zero attached hydrogens (tertiary/aromatic N) is 2. The average molecular weight is 324 g/mol. The Morgan fingerprint density at radius 3 is 2.75 bits per heavy atom. The van der Waals surface area contributed by atoms with E-state index in [9.17, 15) is 9.59 Å². The second kappa shape index (κ2) is 7.36. The van der Waals surface area contributed by atoms with Gasteiger partial charge in [0.05, 0.1) is 12.7 Å². The molecule has 1 atom stereocenters. The standard InChI is InChI=1S/C19H20N2O3/c1-14-4-6-16(7-5-14)18(22)19(23)21-10-8-17(12-21)24-13-15-3-2-9-20-11-15/h2-7,9,11,17H,8,10,12-13H2,1H3/t17-/m1/s1. The number of pyridine rings is 1. The van der Waals surface area contributed by atoms with Crippen molar-refractivity contribution in [1.82, 2.24) is 9.88 Å². The Labute approximate surface area is 141 Å². The van der Waals surface area contributed by atoms with Crippen molar-refractivity contribution in [3.05, 3.63) is 65.5 Å². The molecule has 5 nitrogen and oxygen atoms in total. The van der Waals surface area contributed by atoms with Crippen LogP contribution in [0.15, 0.2) is 48.8 Å². The first kappa shape index (κ1) is 16.3. The van der Waals surface area contributed by atoms with Gasteiger partial charge in [-0.3, -0.25) is 14.6 Å². The van der Waals surface area contributed by atoms with Crippen molar-refractivity contribution in [2.24, 2.45) is 0 Å². The monoisotopic (exact) mass is 324 g/mol. The van der Waals surface area contributed by atoms with Gasteiger partial charge in [0.15, 0.2) is 0 Å². The number of carbonyl (C=O) groups is 2. The second-order valence-electron chi connectivity index (χ2n) is 6.03. The molecule has 1 aromatic carbocycles. The van der Waals surface area contributed by atoms with Crippen LogP contribution in [0.3, 0.4) is 0 Å². The zero-order valence-electron chi connectivity index (χ0n) is 13.6. The highest BCUT2D eigenvalue weighted by atomic mass is 16.5. The number of aryl methyl sites for hydroxylation is 1. The molecule has 1 amide bonds. The molecule has 1 aliphatic heterocycles. The fraction of sp³-hybridized carbons (Fsp3) is 0.316. The lowest BCUT2D eigenvalue weighted by molar-refractivity contribution is -0.126. The summed E-state index contributed by atoms with van der Waals surface area (Å²) in [5.41, 5.74) is 2.49. The molecular weight excluding hydrogens is 304 g/mol. The van der Waals surface area contributed by atoms with Crippen LogP contribution in [-0.4, -0.2) is 40.8 Å². The van der Waals surface area contributed by atoms with Gasteiger partial charge in [0.2, 0.25) is 5.78 Å². The Morgan fingerprint density at radius 1 is 1.25 bits per heavy atom. The van der Waals surface area contributed by atoms with E-state index in [1.54, 1.807) is 29.4 Å². The van der Waals surface area contributed by atoms with Gasteiger partial charge in [-0.15, -0.1) is 0 Å². The molecule has 0 N–H and O–H groups in total. The number of amides is 1. The van der Waals surface area contributed by atoms with Crippen LogP contribution in [0.4, 0.5) is 0 Å². The molecule has 1 aromatic heterocycles. The second-order valence-corrected chi connectivity index (χ2v) is 6.03. The Hall–Kier alpha value is -2.53. The third-order valence-corrected chi connectivity index (χ3v) is 4.15. The molecule has 1 fully saturated rings. The van der Waals surface area contributed by atoms with Gasteiger partial charge in [-0.2, -0.15) is 0 Å². The maximum atomic E-state index is 12.4. The fourth-order valence-corrected chi connectivity index (χ4v) is 2.72. The van der Waals surface area contributed by atoms with E-state index < -0.39 is 11.7 Å². The first-order chi connectivity index (χ1) is 11.6. The van der Waals surface area contributed by atoms with Crippen LogP contribution in [0.1, 0.15) is 27.9 Å². The smallest absolute Gasteiger partial charge is 0.295 e. The third kappa shape index (κ3) is 3.86. The van der Waals surface area contributed by atoms with Crippen LogP contribution in [0, 0.1) is 6.92 Å².